The maximum Gasteiger partial charge on any atom is 0.277 e. The third-order valence-electron chi connectivity index (χ3n) is 7.38. The van der Waals surface area contributed by atoms with Crippen molar-refractivity contribution >= 4 is 11.6 Å². The van der Waals surface area contributed by atoms with Crippen LogP contribution >= 0.6 is 11.6 Å². The molecule has 10 heteroatoms. The highest BCUT2D eigenvalue weighted by Crippen LogP contribution is 2.37. The van der Waals surface area contributed by atoms with Gasteiger partial charge in [-0.05, 0) is 76.3 Å². The summed E-state index contributed by atoms with van der Waals surface area (Å²) in [5.74, 6) is -0.462. The molecule has 0 spiro atoms. The number of halogens is 3. The van der Waals surface area contributed by atoms with Gasteiger partial charge in [0, 0.05) is 41.7 Å². The van der Waals surface area contributed by atoms with Crippen molar-refractivity contribution in [2.75, 3.05) is 0 Å². The lowest BCUT2D eigenvalue weighted by Gasteiger charge is -2.32. The van der Waals surface area contributed by atoms with Crippen LogP contribution in [0.1, 0.15) is 61.2 Å². The number of hydrogen-bond donors (Lipinski definition) is 1. The van der Waals surface area contributed by atoms with Crippen LogP contribution in [0.25, 0.3) is 17.1 Å². The van der Waals surface area contributed by atoms with Gasteiger partial charge in [0.15, 0.2) is 0 Å². The molecular formula is C30H29ClF2N4O3. The van der Waals surface area contributed by atoms with Crippen molar-refractivity contribution in [1.82, 2.24) is 19.5 Å². The van der Waals surface area contributed by atoms with E-state index in [9.17, 15) is 18.7 Å². The minimum absolute atomic E-state index is 0.1000. The van der Waals surface area contributed by atoms with Gasteiger partial charge in [0.2, 0.25) is 0 Å². The number of rotatable bonds is 6. The lowest BCUT2D eigenvalue weighted by atomic mass is 9.79. The number of aromatic nitrogens is 4. The molecule has 3 heterocycles. The molecule has 0 amide bonds. The Morgan fingerprint density at radius 1 is 1.10 bits per heavy atom. The van der Waals surface area contributed by atoms with Crippen LogP contribution in [0.2, 0.25) is 5.02 Å². The molecule has 1 aliphatic carbocycles. The molecule has 0 unspecified atom stereocenters. The second kappa shape index (κ2) is 11.1. The van der Waals surface area contributed by atoms with Gasteiger partial charge in [-0.3, -0.25) is 14.3 Å². The molecule has 1 aliphatic rings. The molecule has 0 atom stereocenters. The van der Waals surface area contributed by atoms with Crippen LogP contribution in [0.15, 0.2) is 53.6 Å². The predicted molar refractivity (Wildman–Crippen MR) is 148 cm³/mol. The zero-order valence-electron chi connectivity index (χ0n) is 22.4. The smallest absolute Gasteiger partial charge is 0.277 e. The summed E-state index contributed by atoms with van der Waals surface area (Å²) in [6.07, 6.45) is 6.37. The van der Waals surface area contributed by atoms with Gasteiger partial charge >= 0.3 is 0 Å². The first-order valence-corrected chi connectivity index (χ1v) is 13.4. The van der Waals surface area contributed by atoms with E-state index >= 15 is 0 Å². The van der Waals surface area contributed by atoms with Crippen LogP contribution in [0.5, 0.6) is 5.75 Å². The Labute approximate surface area is 235 Å². The first-order valence-electron chi connectivity index (χ1n) is 13.0. The van der Waals surface area contributed by atoms with Crippen LogP contribution in [-0.4, -0.2) is 30.2 Å². The summed E-state index contributed by atoms with van der Waals surface area (Å²) in [5, 5.41) is 10.1. The average Bonchev–Trinajstić information content (AvgIpc) is 2.92. The van der Waals surface area contributed by atoms with Crippen molar-refractivity contribution in [1.29, 1.82) is 0 Å². The molecule has 0 aliphatic heterocycles. The van der Waals surface area contributed by atoms with E-state index in [1.54, 1.807) is 37.5 Å². The van der Waals surface area contributed by atoms with Crippen molar-refractivity contribution < 1.29 is 18.6 Å². The van der Waals surface area contributed by atoms with Gasteiger partial charge in [-0.1, -0.05) is 11.6 Å². The Hall–Kier alpha value is -3.69. The number of pyridine rings is 2. The van der Waals surface area contributed by atoms with Gasteiger partial charge in [0.1, 0.15) is 34.8 Å². The molecule has 4 aromatic rings. The molecule has 40 heavy (non-hydrogen) atoms. The fraction of sp³-hybridized carbons (Fsp3) is 0.333. The summed E-state index contributed by atoms with van der Waals surface area (Å²) in [6, 6.07) is 8.35. The molecule has 1 N–H and O–H groups in total. The maximum atomic E-state index is 14.0. The van der Waals surface area contributed by atoms with Crippen molar-refractivity contribution in [2.24, 2.45) is 0 Å². The van der Waals surface area contributed by atoms with Gasteiger partial charge in [-0.15, -0.1) is 0 Å². The number of ether oxygens (including phenoxy) is 1. The fourth-order valence-corrected chi connectivity index (χ4v) is 5.18. The minimum Gasteiger partial charge on any atom is -0.487 e. The second-order valence-corrected chi connectivity index (χ2v) is 10.9. The number of aryl methyl sites for hydroxylation is 2. The van der Waals surface area contributed by atoms with Crippen LogP contribution in [0, 0.1) is 25.5 Å². The summed E-state index contributed by atoms with van der Waals surface area (Å²) < 4.78 is 34.4. The largest absolute Gasteiger partial charge is 0.487 e. The minimum atomic E-state index is -0.746. The van der Waals surface area contributed by atoms with Gasteiger partial charge in [0.05, 0.1) is 22.7 Å². The molecule has 208 valence electrons. The zero-order chi connectivity index (χ0) is 28.6. The van der Waals surface area contributed by atoms with Gasteiger partial charge in [-0.2, -0.15) is 0 Å². The maximum absolute atomic E-state index is 14.0. The lowest BCUT2D eigenvalue weighted by Crippen LogP contribution is -2.30. The van der Waals surface area contributed by atoms with E-state index in [1.807, 2.05) is 13.8 Å². The van der Waals surface area contributed by atoms with Gasteiger partial charge in [-0.25, -0.2) is 18.7 Å². The van der Waals surface area contributed by atoms with Crippen molar-refractivity contribution in [3.8, 4) is 22.8 Å². The van der Waals surface area contributed by atoms with Crippen LogP contribution in [-0.2, 0) is 6.61 Å². The molecule has 7 nitrogen and oxygen atoms in total. The zero-order valence-corrected chi connectivity index (χ0v) is 23.2. The van der Waals surface area contributed by atoms with E-state index in [2.05, 4.69) is 9.97 Å². The Bertz CT molecular complexity index is 1630. The normalized spacial score (nSPS) is 19.0. The fourth-order valence-electron chi connectivity index (χ4n) is 4.99. The van der Waals surface area contributed by atoms with E-state index in [0.717, 1.165) is 30.5 Å². The van der Waals surface area contributed by atoms with Crippen LogP contribution in [0.3, 0.4) is 0 Å². The van der Waals surface area contributed by atoms with Crippen molar-refractivity contribution in [3.05, 3.63) is 98.4 Å². The lowest BCUT2D eigenvalue weighted by molar-refractivity contribution is 0.0164. The quantitative estimate of drug-likeness (QED) is 0.298. The number of benzene rings is 1. The Morgan fingerprint density at radius 3 is 2.58 bits per heavy atom. The third kappa shape index (κ3) is 5.76. The topological polar surface area (TPSA) is 90.1 Å². The van der Waals surface area contributed by atoms with E-state index < -0.39 is 22.8 Å². The summed E-state index contributed by atoms with van der Waals surface area (Å²) >= 11 is 6.42. The van der Waals surface area contributed by atoms with E-state index in [0.29, 0.717) is 41.4 Å². The number of nitrogens with zero attached hydrogens (tertiary/aromatic N) is 4. The van der Waals surface area contributed by atoms with Gasteiger partial charge < -0.3 is 9.84 Å². The molecule has 0 bridgehead atoms. The van der Waals surface area contributed by atoms with Crippen LogP contribution < -0.4 is 10.3 Å². The molecule has 1 fully saturated rings. The summed E-state index contributed by atoms with van der Waals surface area (Å²) in [5.41, 5.74) is 2.05. The summed E-state index contributed by atoms with van der Waals surface area (Å²) in [7, 11) is 0. The molecule has 1 saturated carbocycles. The highest BCUT2D eigenvalue weighted by Gasteiger charge is 2.30. The predicted octanol–water partition coefficient (Wildman–Crippen LogP) is 6.23. The molecular weight excluding hydrogens is 538 g/mol. The Balaban J connectivity index is 1.44. The Morgan fingerprint density at radius 2 is 1.85 bits per heavy atom. The van der Waals surface area contributed by atoms with E-state index in [-0.39, 0.29) is 28.9 Å². The summed E-state index contributed by atoms with van der Waals surface area (Å²) in [6.45, 7) is 5.22. The van der Waals surface area contributed by atoms with E-state index in [4.69, 9.17) is 21.3 Å². The summed E-state index contributed by atoms with van der Waals surface area (Å²) in [4.78, 5) is 27.2. The first kappa shape index (κ1) is 27.9. The molecule has 1 aromatic carbocycles. The van der Waals surface area contributed by atoms with E-state index in [1.165, 1.54) is 10.6 Å². The van der Waals surface area contributed by atoms with Gasteiger partial charge in [0.25, 0.3) is 5.56 Å². The number of aliphatic hydroxyl groups is 1. The van der Waals surface area contributed by atoms with Crippen molar-refractivity contribution in [2.45, 2.75) is 64.6 Å². The highest BCUT2D eigenvalue weighted by atomic mass is 35.5. The first-order chi connectivity index (χ1) is 19.0. The standard InChI is InChI=1S/C30H29ClF2N4O3/c1-17-15-35-24(23-8-11-34-28(36-23)19-6-9-30(3,39)10-7-19)14-25(17)37-18(2)12-26(27(31)29(37)38)40-16-20-4-5-21(32)13-22(20)33/h4-5,8,11-15,19,39H,6-7,9-10,16H2,1-3H3. The van der Waals surface area contributed by atoms with Crippen molar-refractivity contribution in [3.63, 3.8) is 0 Å². The van der Waals surface area contributed by atoms with Crippen LogP contribution in [0.4, 0.5) is 8.78 Å². The monoisotopic (exact) mass is 566 g/mol. The second-order valence-electron chi connectivity index (χ2n) is 10.6. The number of hydrogen-bond acceptors (Lipinski definition) is 6. The SMILES string of the molecule is Cc1cnc(-c2ccnc(C3CCC(C)(O)CC3)n2)cc1-n1c(C)cc(OCc2ccc(F)cc2F)c(Cl)c1=O. The highest BCUT2D eigenvalue weighted by molar-refractivity contribution is 6.31. The third-order valence-corrected chi connectivity index (χ3v) is 7.73. The Kier molecular flexibility index (Phi) is 7.70. The average molecular weight is 567 g/mol. The molecule has 0 saturated heterocycles. The molecule has 3 aromatic heterocycles. The molecule has 5 rings (SSSR count). The molecule has 0 radical (unpaired) electrons.